The predicted octanol–water partition coefficient (Wildman–Crippen LogP) is 2.80. The molecule has 0 aliphatic rings. The lowest BCUT2D eigenvalue weighted by atomic mass is 10.3. The van der Waals surface area contributed by atoms with E-state index in [1.807, 2.05) is 10.8 Å². The Bertz CT molecular complexity index is 390. The van der Waals surface area contributed by atoms with E-state index in [-0.39, 0.29) is 0 Å². The van der Waals surface area contributed by atoms with Crippen molar-refractivity contribution in [3.8, 4) is 0 Å². The summed E-state index contributed by atoms with van der Waals surface area (Å²) in [6, 6.07) is 0. The first-order chi connectivity index (χ1) is 9.24. The molecule has 0 fully saturated rings. The molecule has 1 rings (SSSR count). The Balaban J connectivity index is 2.36. The average molecular weight is 286 g/mol. The highest BCUT2D eigenvalue weighted by atomic mass is 35.5. The molecule has 0 unspecified atom stereocenters. The standard InChI is InChI=1S/C14H24ClN3O/c1-4-7-9-19-10-8-16-11-13-14(15)12(5-2)17-18(13)6-3/h4,16H,1,5-11H2,2-3H3. The average Bonchev–Trinajstić information content (AvgIpc) is 2.74. The van der Waals surface area contributed by atoms with Crippen LogP contribution in [-0.4, -0.2) is 29.5 Å². The molecule has 1 aromatic rings. The maximum absolute atomic E-state index is 6.32. The lowest BCUT2D eigenvalue weighted by Gasteiger charge is -2.07. The zero-order valence-electron chi connectivity index (χ0n) is 11.9. The third kappa shape index (κ3) is 4.97. The summed E-state index contributed by atoms with van der Waals surface area (Å²) < 4.78 is 7.40. The summed E-state index contributed by atoms with van der Waals surface area (Å²) in [5.74, 6) is 0. The van der Waals surface area contributed by atoms with Gasteiger partial charge >= 0.3 is 0 Å². The molecule has 0 bridgehead atoms. The van der Waals surface area contributed by atoms with Crippen molar-refractivity contribution in [2.45, 2.75) is 39.8 Å². The summed E-state index contributed by atoms with van der Waals surface area (Å²) in [6.45, 7) is 11.6. The number of halogens is 1. The highest BCUT2D eigenvalue weighted by Crippen LogP contribution is 2.21. The maximum atomic E-state index is 6.32. The third-order valence-electron chi connectivity index (χ3n) is 2.88. The Morgan fingerprint density at radius 2 is 2.21 bits per heavy atom. The Hall–Kier alpha value is -0.840. The normalized spacial score (nSPS) is 10.9. The Morgan fingerprint density at radius 3 is 2.84 bits per heavy atom. The van der Waals surface area contributed by atoms with E-state index in [1.165, 1.54) is 0 Å². The van der Waals surface area contributed by atoms with Crippen molar-refractivity contribution in [1.29, 1.82) is 0 Å². The van der Waals surface area contributed by atoms with Crippen molar-refractivity contribution in [3.63, 3.8) is 0 Å². The minimum absolute atomic E-state index is 0.701. The van der Waals surface area contributed by atoms with E-state index in [0.717, 1.165) is 55.5 Å². The van der Waals surface area contributed by atoms with Gasteiger partial charge in [-0.1, -0.05) is 24.6 Å². The SMILES string of the molecule is C=CCCOCCNCc1c(Cl)c(CC)nn1CC. The van der Waals surface area contributed by atoms with E-state index < -0.39 is 0 Å². The van der Waals surface area contributed by atoms with Crippen LogP contribution in [0.15, 0.2) is 12.7 Å². The molecule has 0 aromatic carbocycles. The van der Waals surface area contributed by atoms with Crippen LogP contribution in [0, 0.1) is 0 Å². The number of hydrogen-bond acceptors (Lipinski definition) is 3. The van der Waals surface area contributed by atoms with Gasteiger partial charge in [0, 0.05) is 19.6 Å². The molecule has 0 saturated heterocycles. The fraction of sp³-hybridized carbons (Fsp3) is 0.643. The van der Waals surface area contributed by atoms with Crippen LogP contribution in [-0.2, 0) is 24.2 Å². The number of ether oxygens (including phenoxy) is 1. The zero-order valence-corrected chi connectivity index (χ0v) is 12.7. The molecule has 0 atom stereocenters. The highest BCUT2D eigenvalue weighted by molar-refractivity contribution is 6.31. The van der Waals surface area contributed by atoms with Gasteiger partial charge in [0.1, 0.15) is 0 Å². The molecular weight excluding hydrogens is 262 g/mol. The second-order valence-corrected chi connectivity index (χ2v) is 4.62. The van der Waals surface area contributed by atoms with E-state index in [4.69, 9.17) is 16.3 Å². The molecule has 0 spiro atoms. The Kier molecular flexibility index (Phi) is 7.79. The summed E-state index contributed by atoms with van der Waals surface area (Å²) in [5, 5.41) is 8.62. The van der Waals surface area contributed by atoms with E-state index in [2.05, 4.69) is 30.8 Å². The summed E-state index contributed by atoms with van der Waals surface area (Å²) in [5.41, 5.74) is 2.04. The number of rotatable bonds is 10. The monoisotopic (exact) mass is 285 g/mol. The minimum Gasteiger partial charge on any atom is -0.380 e. The highest BCUT2D eigenvalue weighted by Gasteiger charge is 2.13. The topological polar surface area (TPSA) is 39.1 Å². The van der Waals surface area contributed by atoms with Gasteiger partial charge in [0.05, 0.1) is 29.6 Å². The molecule has 1 aromatic heterocycles. The fourth-order valence-electron chi connectivity index (χ4n) is 1.81. The number of hydrogen-bond donors (Lipinski definition) is 1. The van der Waals surface area contributed by atoms with Crippen molar-refractivity contribution >= 4 is 11.6 Å². The van der Waals surface area contributed by atoms with Gasteiger partial charge in [0.15, 0.2) is 0 Å². The van der Waals surface area contributed by atoms with Crippen LogP contribution in [0.2, 0.25) is 5.02 Å². The predicted molar refractivity (Wildman–Crippen MR) is 79.6 cm³/mol. The summed E-state index contributed by atoms with van der Waals surface area (Å²) in [4.78, 5) is 0. The first-order valence-electron chi connectivity index (χ1n) is 6.87. The molecule has 1 N–H and O–H groups in total. The molecule has 0 saturated carbocycles. The second kappa shape index (κ2) is 9.13. The quantitative estimate of drug-likeness (QED) is 0.531. The van der Waals surface area contributed by atoms with Crippen LogP contribution in [0.3, 0.4) is 0 Å². The Morgan fingerprint density at radius 1 is 1.42 bits per heavy atom. The molecule has 5 heteroatoms. The molecule has 0 aliphatic heterocycles. The van der Waals surface area contributed by atoms with Gasteiger partial charge in [-0.15, -0.1) is 6.58 Å². The van der Waals surface area contributed by atoms with E-state index in [1.54, 1.807) is 0 Å². The van der Waals surface area contributed by atoms with Crippen molar-refractivity contribution in [2.24, 2.45) is 0 Å². The van der Waals surface area contributed by atoms with E-state index in [9.17, 15) is 0 Å². The summed E-state index contributed by atoms with van der Waals surface area (Å²) in [7, 11) is 0. The molecule has 1 heterocycles. The molecular formula is C14H24ClN3O. The van der Waals surface area contributed by atoms with Gasteiger partial charge in [-0.25, -0.2) is 0 Å². The number of nitrogens with one attached hydrogen (secondary N) is 1. The van der Waals surface area contributed by atoms with Crippen molar-refractivity contribution in [2.75, 3.05) is 19.8 Å². The van der Waals surface area contributed by atoms with Gasteiger partial charge in [-0.3, -0.25) is 4.68 Å². The van der Waals surface area contributed by atoms with Crippen LogP contribution >= 0.6 is 11.6 Å². The molecule has 4 nitrogen and oxygen atoms in total. The lowest BCUT2D eigenvalue weighted by molar-refractivity contribution is 0.140. The number of nitrogens with zero attached hydrogens (tertiary/aromatic N) is 2. The van der Waals surface area contributed by atoms with Crippen LogP contribution in [0.1, 0.15) is 31.7 Å². The van der Waals surface area contributed by atoms with Crippen molar-refractivity contribution < 1.29 is 4.74 Å². The first-order valence-corrected chi connectivity index (χ1v) is 7.25. The largest absolute Gasteiger partial charge is 0.380 e. The first kappa shape index (κ1) is 16.2. The van der Waals surface area contributed by atoms with Crippen molar-refractivity contribution in [3.05, 3.63) is 29.1 Å². The third-order valence-corrected chi connectivity index (χ3v) is 3.31. The van der Waals surface area contributed by atoms with Gasteiger partial charge in [0.25, 0.3) is 0 Å². The molecule has 0 amide bonds. The van der Waals surface area contributed by atoms with E-state index >= 15 is 0 Å². The van der Waals surface area contributed by atoms with Gasteiger partial charge in [0.2, 0.25) is 0 Å². The van der Waals surface area contributed by atoms with Crippen LogP contribution in [0.25, 0.3) is 0 Å². The number of aromatic nitrogens is 2. The van der Waals surface area contributed by atoms with Gasteiger partial charge in [-0.05, 0) is 19.8 Å². The zero-order chi connectivity index (χ0) is 14.1. The summed E-state index contributed by atoms with van der Waals surface area (Å²) >= 11 is 6.32. The Labute approximate surface area is 120 Å². The fourth-order valence-corrected chi connectivity index (χ4v) is 2.14. The van der Waals surface area contributed by atoms with Gasteiger partial charge < -0.3 is 10.1 Å². The summed E-state index contributed by atoms with van der Waals surface area (Å²) in [6.07, 6.45) is 3.62. The molecule has 0 radical (unpaired) electrons. The second-order valence-electron chi connectivity index (χ2n) is 4.24. The minimum atomic E-state index is 0.701. The lowest BCUT2D eigenvalue weighted by Crippen LogP contribution is -2.21. The molecule has 19 heavy (non-hydrogen) atoms. The van der Waals surface area contributed by atoms with Crippen molar-refractivity contribution in [1.82, 2.24) is 15.1 Å². The van der Waals surface area contributed by atoms with Crippen LogP contribution in [0.5, 0.6) is 0 Å². The van der Waals surface area contributed by atoms with Crippen LogP contribution in [0.4, 0.5) is 0 Å². The molecule has 108 valence electrons. The maximum Gasteiger partial charge on any atom is 0.0863 e. The van der Waals surface area contributed by atoms with E-state index in [0.29, 0.717) is 6.61 Å². The smallest absolute Gasteiger partial charge is 0.0863 e. The molecule has 0 aliphatic carbocycles. The number of aryl methyl sites for hydroxylation is 2. The van der Waals surface area contributed by atoms with Gasteiger partial charge in [-0.2, -0.15) is 5.10 Å². The van der Waals surface area contributed by atoms with Crippen LogP contribution < -0.4 is 5.32 Å².